The fourth-order valence-electron chi connectivity index (χ4n) is 3.67. The third-order valence-corrected chi connectivity index (χ3v) is 7.00. The summed E-state index contributed by atoms with van der Waals surface area (Å²) in [6.07, 6.45) is 3.43. The molecular formula is C20H18N4O4S. The van der Waals surface area contributed by atoms with Crippen LogP contribution in [0.1, 0.15) is 29.2 Å². The first-order valence-corrected chi connectivity index (χ1v) is 10.8. The van der Waals surface area contributed by atoms with Crippen molar-refractivity contribution in [2.75, 3.05) is 11.5 Å². The van der Waals surface area contributed by atoms with Crippen LogP contribution in [0.5, 0.6) is 5.88 Å². The zero-order chi connectivity index (χ0) is 20.8. The predicted octanol–water partition coefficient (Wildman–Crippen LogP) is 2.33. The number of fused-ring (bicyclic) bond motifs is 1. The van der Waals surface area contributed by atoms with E-state index in [-0.39, 0.29) is 34.9 Å². The van der Waals surface area contributed by atoms with Crippen LogP contribution >= 0.6 is 0 Å². The number of benzene rings is 1. The molecule has 0 amide bonds. The molecular weight excluding hydrogens is 392 g/mol. The van der Waals surface area contributed by atoms with Gasteiger partial charge in [0.05, 0.1) is 28.8 Å². The van der Waals surface area contributed by atoms with Gasteiger partial charge < -0.3 is 10.1 Å². The Bertz CT molecular complexity index is 1360. The molecule has 3 aromatic rings. The maximum Gasteiger partial charge on any atom is 0.271 e. The molecule has 1 fully saturated rings. The summed E-state index contributed by atoms with van der Waals surface area (Å²) in [7, 11) is -3.28. The molecule has 1 aromatic carbocycles. The van der Waals surface area contributed by atoms with Crippen molar-refractivity contribution in [3.63, 3.8) is 0 Å². The van der Waals surface area contributed by atoms with Gasteiger partial charge in [-0.2, -0.15) is 5.26 Å². The van der Waals surface area contributed by atoms with E-state index in [2.05, 4.69) is 9.98 Å². The van der Waals surface area contributed by atoms with Crippen LogP contribution in [0.25, 0.3) is 10.9 Å². The van der Waals surface area contributed by atoms with Gasteiger partial charge in [-0.3, -0.25) is 14.4 Å². The highest BCUT2D eigenvalue weighted by atomic mass is 32.2. The van der Waals surface area contributed by atoms with Crippen molar-refractivity contribution in [1.82, 2.24) is 9.55 Å². The molecule has 29 heavy (non-hydrogen) atoms. The Kier molecular flexibility index (Phi) is 4.51. The summed E-state index contributed by atoms with van der Waals surface area (Å²) in [6.45, 7) is 1.56. The van der Waals surface area contributed by atoms with E-state index >= 15 is 0 Å². The second-order valence-corrected chi connectivity index (χ2v) is 9.32. The van der Waals surface area contributed by atoms with Crippen LogP contribution in [0.2, 0.25) is 0 Å². The molecule has 0 spiro atoms. The summed E-state index contributed by atoms with van der Waals surface area (Å²) < 4.78 is 24.7. The number of aromatic nitrogens is 2. The van der Waals surface area contributed by atoms with Gasteiger partial charge in [0.15, 0.2) is 9.84 Å². The van der Waals surface area contributed by atoms with Crippen LogP contribution in [0.15, 0.2) is 40.2 Å². The number of sulfone groups is 1. The minimum absolute atomic E-state index is 0.0561. The summed E-state index contributed by atoms with van der Waals surface area (Å²) in [4.78, 5) is 20.2. The predicted molar refractivity (Wildman–Crippen MR) is 110 cm³/mol. The van der Waals surface area contributed by atoms with E-state index in [1.54, 1.807) is 13.0 Å². The number of hydrogen-bond acceptors (Lipinski definition) is 6. The van der Waals surface area contributed by atoms with Crippen molar-refractivity contribution >= 4 is 32.6 Å². The van der Waals surface area contributed by atoms with E-state index in [9.17, 15) is 23.6 Å². The molecule has 2 aromatic heterocycles. The number of aliphatic imine (C=N–C) groups is 1. The van der Waals surface area contributed by atoms with Gasteiger partial charge in [-0.05, 0) is 43.2 Å². The quantitative estimate of drug-likeness (QED) is 0.640. The third kappa shape index (κ3) is 3.32. The second kappa shape index (κ2) is 6.90. The van der Waals surface area contributed by atoms with Gasteiger partial charge in [0.25, 0.3) is 5.56 Å². The highest BCUT2D eigenvalue weighted by molar-refractivity contribution is 7.91. The lowest BCUT2D eigenvalue weighted by atomic mass is 10.0. The van der Waals surface area contributed by atoms with Crippen molar-refractivity contribution in [3.8, 4) is 11.9 Å². The van der Waals surface area contributed by atoms with Gasteiger partial charge in [0, 0.05) is 23.3 Å². The largest absolute Gasteiger partial charge is 0.494 e. The van der Waals surface area contributed by atoms with Crippen molar-refractivity contribution in [2.45, 2.75) is 19.4 Å². The molecule has 8 nitrogen and oxygen atoms in total. The zero-order valence-electron chi connectivity index (χ0n) is 15.6. The van der Waals surface area contributed by atoms with Gasteiger partial charge in [0.2, 0.25) is 5.88 Å². The first-order chi connectivity index (χ1) is 13.8. The van der Waals surface area contributed by atoms with Crippen molar-refractivity contribution in [2.24, 2.45) is 4.99 Å². The lowest BCUT2D eigenvalue weighted by Crippen LogP contribution is -2.29. The highest BCUT2D eigenvalue weighted by Crippen LogP contribution is 2.30. The molecule has 1 aliphatic heterocycles. The average molecular weight is 410 g/mol. The van der Waals surface area contributed by atoms with E-state index in [1.165, 1.54) is 6.21 Å². The molecule has 0 saturated carbocycles. The number of nitrogens with one attached hydrogen (secondary N) is 1. The molecule has 1 saturated heterocycles. The standard InChI is InChI=1S/C20H18N4O4S/c1-12-16(9-21)19(25)24(15-5-7-29(27,28)11-15)20(26)17(12)10-23-14-2-3-18-13(8-14)4-6-22-18/h2-4,6,8,10,15,22,26H,5,7,11H2,1H3. The topological polar surface area (TPSA) is 128 Å². The number of nitriles is 1. The fraction of sp³-hybridized carbons (Fsp3) is 0.250. The van der Waals surface area contributed by atoms with Crippen molar-refractivity contribution < 1.29 is 13.5 Å². The Morgan fingerprint density at radius 1 is 1.38 bits per heavy atom. The van der Waals surface area contributed by atoms with Gasteiger partial charge >= 0.3 is 0 Å². The molecule has 148 valence electrons. The molecule has 2 N–H and O–H groups in total. The number of nitrogens with zero attached hydrogens (tertiary/aromatic N) is 3. The molecule has 0 aliphatic carbocycles. The molecule has 0 radical (unpaired) electrons. The molecule has 1 atom stereocenters. The summed E-state index contributed by atoms with van der Waals surface area (Å²) >= 11 is 0. The number of aromatic hydroxyl groups is 1. The Hall–Kier alpha value is -3.38. The lowest BCUT2D eigenvalue weighted by Gasteiger charge is -2.18. The molecule has 9 heteroatoms. The van der Waals surface area contributed by atoms with E-state index in [0.29, 0.717) is 11.3 Å². The van der Waals surface area contributed by atoms with E-state index in [1.807, 2.05) is 30.5 Å². The first-order valence-electron chi connectivity index (χ1n) is 9.00. The maximum atomic E-state index is 12.7. The van der Waals surface area contributed by atoms with Crippen LogP contribution in [-0.2, 0) is 9.84 Å². The van der Waals surface area contributed by atoms with Crippen LogP contribution in [0.3, 0.4) is 0 Å². The van der Waals surface area contributed by atoms with E-state index in [4.69, 9.17) is 0 Å². The van der Waals surface area contributed by atoms with Gasteiger partial charge in [-0.25, -0.2) is 8.42 Å². The van der Waals surface area contributed by atoms with E-state index < -0.39 is 21.4 Å². The average Bonchev–Trinajstić information content (AvgIpc) is 3.27. The summed E-state index contributed by atoms with van der Waals surface area (Å²) in [5.41, 5.74) is 1.31. The number of pyridine rings is 1. The fourth-order valence-corrected chi connectivity index (χ4v) is 5.37. The minimum Gasteiger partial charge on any atom is -0.494 e. The summed E-state index contributed by atoms with van der Waals surface area (Å²) in [5.74, 6) is -0.672. The Balaban J connectivity index is 1.83. The Morgan fingerprint density at radius 3 is 2.86 bits per heavy atom. The third-order valence-electron chi connectivity index (χ3n) is 5.25. The Morgan fingerprint density at radius 2 is 2.17 bits per heavy atom. The summed E-state index contributed by atoms with van der Waals surface area (Å²) in [6, 6.07) is 8.61. The molecule has 3 heterocycles. The second-order valence-electron chi connectivity index (χ2n) is 7.09. The molecule has 4 rings (SSSR count). The monoisotopic (exact) mass is 410 g/mol. The van der Waals surface area contributed by atoms with E-state index in [0.717, 1.165) is 15.5 Å². The smallest absolute Gasteiger partial charge is 0.271 e. The molecule has 1 aliphatic rings. The zero-order valence-corrected chi connectivity index (χ0v) is 16.4. The van der Waals surface area contributed by atoms with Crippen molar-refractivity contribution in [3.05, 3.63) is 57.5 Å². The normalized spacial score (nSPS) is 18.4. The molecule has 0 bridgehead atoms. The van der Waals surface area contributed by atoms with Crippen LogP contribution < -0.4 is 5.56 Å². The molecule has 1 unspecified atom stereocenters. The SMILES string of the molecule is Cc1c(C=Nc2ccc3[nH]ccc3c2)c(O)n(C2CCS(=O)(=O)C2)c(=O)c1C#N. The van der Waals surface area contributed by atoms with Crippen LogP contribution in [0, 0.1) is 18.3 Å². The Labute approximate surface area is 166 Å². The number of hydrogen-bond donors (Lipinski definition) is 2. The highest BCUT2D eigenvalue weighted by Gasteiger charge is 2.33. The van der Waals surface area contributed by atoms with Crippen LogP contribution in [0.4, 0.5) is 5.69 Å². The number of H-pyrrole nitrogens is 1. The minimum atomic E-state index is -3.28. The maximum absolute atomic E-state index is 12.7. The first kappa shape index (κ1) is 19.0. The lowest BCUT2D eigenvalue weighted by molar-refractivity contribution is 0.379. The van der Waals surface area contributed by atoms with Crippen molar-refractivity contribution in [1.29, 1.82) is 5.26 Å². The number of rotatable bonds is 3. The summed E-state index contributed by atoms with van der Waals surface area (Å²) in [5, 5.41) is 21.2. The van der Waals surface area contributed by atoms with Gasteiger partial charge in [-0.1, -0.05) is 0 Å². The van der Waals surface area contributed by atoms with Crippen LogP contribution in [-0.4, -0.2) is 40.8 Å². The number of aromatic amines is 1. The van der Waals surface area contributed by atoms with Gasteiger partial charge in [0.1, 0.15) is 11.6 Å². The van der Waals surface area contributed by atoms with Gasteiger partial charge in [-0.15, -0.1) is 0 Å².